The van der Waals surface area contributed by atoms with Gasteiger partial charge >= 0.3 is 5.97 Å². The maximum absolute atomic E-state index is 12.4. The van der Waals surface area contributed by atoms with Crippen molar-refractivity contribution in [3.05, 3.63) is 29.3 Å². The van der Waals surface area contributed by atoms with Gasteiger partial charge in [0.15, 0.2) is 0 Å². The lowest BCUT2D eigenvalue weighted by atomic mass is 10.00. The van der Waals surface area contributed by atoms with Gasteiger partial charge in [-0.25, -0.2) is 4.79 Å². The number of aryl methyl sites for hydroxylation is 1. The van der Waals surface area contributed by atoms with E-state index in [0.717, 1.165) is 30.6 Å². The van der Waals surface area contributed by atoms with Crippen LogP contribution in [0.5, 0.6) is 0 Å². The van der Waals surface area contributed by atoms with E-state index in [2.05, 4.69) is 5.32 Å². The SMILES string of the molecule is CCC(C(=O)O)N(C)C(=O)c1ccc2c(c1)CCCN2. The van der Waals surface area contributed by atoms with Crippen molar-refractivity contribution in [2.45, 2.75) is 32.2 Å². The molecule has 5 heteroatoms. The van der Waals surface area contributed by atoms with Crippen LogP contribution in [-0.2, 0) is 11.2 Å². The van der Waals surface area contributed by atoms with Gasteiger partial charge in [0.2, 0.25) is 0 Å². The summed E-state index contributed by atoms with van der Waals surface area (Å²) in [6.45, 7) is 2.72. The van der Waals surface area contributed by atoms with Gasteiger partial charge in [0.05, 0.1) is 0 Å². The zero-order valence-corrected chi connectivity index (χ0v) is 11.8. The van der Waals surface area contributed by atoms with Crippen LogP contribution in [0.2, 0.25) is 0 Å². The quantitative estimate of drug-likeness (QED) is 0.882. The summed E-state index contributed by atoms with van der Waals surface area (Å²) >= 11 is 0. The Morgan fingerprint density at radius 2 is 2.20 bits per heavy atom. The molecule has 0 aromatic heterocycles. The van der Waals surface area contributed by atoms with E-state index in [1.807, 2.05) is 12.1 Å². The fourth-order valence-corrected chi connectivity index (χ4v) is 2.57. The van der Waals surface area contributed by atoms with E-state index >= 15 is 0 Å². The van der Waals surface area contributed by atoms with Gasteiger partial charge in [-0.05, 0) is 43.0 Å². The molecular weight excluding hydrogens is 256 g/mol. The van der Waals surface area contributed by atoms with E-state index in [9.17, 15) is 9.59 Å². The van der Waals surface area contributed by atoms with Crippen LogP contribution in [-0.4, -0.2) is 41.5 Å². The number of nitrogens with zero attached hydrogens (tertiary/aromatic N) is 1. The molecule has 0 aliphatic carbocycles. The van der Waals surface area contributed by atoms with Gasteiger partial charge in [0, 0.05) is 24.8 Å². The molecule has 0 saturated carbocycles. The van der Waals surface area contributed by atoms with E-state index in [1.54, 1.807) is 20.0 Å². The molecular formula is C15H20N2O3. The molecule has 0 fully saturated rings. The van der Waals surface area contributed by atoms with Crippen molar-refractivity contribution in [3.8, 4) is 0 Å². The highest BCUT2D eigenvalue weighted by molar-refractivity contribution is 5.97. The van der Waals surface area contributed by atoms with Gasteiger partial charge in [-0.3, -0.25) is 4.79 Å². The number of amides is 1. The number of carboxylic acid groups (broad SMARTS) is 1. The summed E-state index contributed by atoms with van der Waals surface area (Å²) in [6, 6.07) is 4.74. The molecule has 1 aliphatic rings. The number of carboxylic acids is 1. The van der Waals surface area contributed by atoms with Crippen LogP contribution in [0.15, 0.2) is 18.2 Å². The van der Waals surface area contributed by atoms with Gasteiger partial charge in [-0.15, -0.1) is 0 Å². The summed E-state index contributed by atoms with van der Waals surface area (Å²) in [5.74, 6) is -1.21. The second kappa shape index (κ2) is 5.94. The fourth-order valence-electron chi connectivity index (χ4n) is 2.57. The molecule has 108 valence electrons. The highest BCUT2D eigenvalue weighted by Gasteiger charge is 2.26. The highest BCUT2D eigenvalue weighted by Crippen LogP contribution is 2.23. The number of benzene rings is 1. The number of rotatable bonds is 4. The van der Waals surface area contributed by atoms with Crippen molar-refractivity contribution in [2.75, 3.05) is 18.9 Å². The van der Waals surface area contributed by atoms with Crippen LogP contribution >= 0.6 is 0 Å². The molecule has 0 radical (unpaired) electrons. The number of nitrogens with one attached hydrogen (secondary N) is 1. The number of aliphatic carboxylic acids is 1. The zero-order chi connectivity index (χ0) is 14.7. The van der Waals surface area contributed by atoms with Crippen LogP contribution in [0.3, 0.4) is 0 Å². The first-order valence-electron chi connectivity index (χ1n) is 6.91. The third-order valence-corrected chi connectivity index (χ3v) is 3.75. The van der Waals surface area contributed by atoms with Crippen molar-refractivity contribution in [1.82, 2.24) is 4.90 Å². The number of carbonyl (C=O) groups is 2. The van der Waals surface area contributed by atoms with E-state index in [1.165, 1.54) is 4.90 Å². The summed E-state index contributed by atoms with van der Waals surface area (Å²) in [7, 11) is 1.54. The molecule has 1 amide bonds. The Morgan fingerprint density at radius 1 is 1.45 bits per heavy atom. The Labute approximate surface area is 118 Å². The molecule has 1 unspecified atom stereocenters. The smallest absolute Gasteiger partial charge is 0.326 e. The number of fused-ring (bicyclic) bond motifs is 1. The Morgan fingerprint density at radius 3 is 2.85 bits per heavy atom. The van der Waals surface area contributed by atoms with Crippen LogP contribution < -0.4 is 5.32 Å². The van der Waals surface area contributed by atoms with E-state index in [4.69, 9.17) is 5.11 Å². The molecule has 1 aromatic carbocycles. The zero-order valence-electron chi connectivity index (χ0n) is 11.8. The number of carbonyl (C=O) groups excluding carboxylic acids is 1. The van der Waals surface area contributed by atoms with Gasteiger partial charge in [-0.1, -0.05) is 6.92 Å². The van der Waals surface area contributed by atoms with E-state index < -0.39 is 12.0 Å². The third-order valence-electron chi connectivity index (χ3n) is 3.75. The summed E-state index contributed by atoms with van der Waals surface area (Å²) < 4.78 is 0. The normalized spacial score (nSPS) is 14.9. The van der Waals surface area contributed by atoms with Crippen molar-refractivity contribution in [1.29, 1.82) is 0 Å². The Bertz CT molecular complexity index is 528. The minimum atomic E-state index is -0.969. The summed E-state index contributed by atoms with van der Waals surface area (Å²) in [5.41, 5.74) is 2.74. The van der Waals surface area contributed by atoms with Crippen molar-refractivity contribution < 1.29 is 14.7 Å². The first kappa shape index (κ1) is 14.4. The van der Waals surface area contributed by atoms with Crippen LogP contribution in [0.1, 0.15) is 35.7 Å². The van der Waals surface area contributed by atoms with Crippen molar-refractivity contribution in [3.63, 3.8) is 0 Å². The minimum absolute atomic E-state index is 0.243. The average Bonchev–Trinajstić information content (AvgIpc) is 2.46. The van der Waals surface area contributed by atoms with Crippen LogP contribution in [0.4, 0.5) is 5.69 Å². The molecule has 2 rings (SSSR count). The predicted molar refractivity (Wildman–Crippen MR) is 77.1 cm³/mol. The van der Waals surface area contributed by atoms with E-state index in [-0.39, 0.29) is 5.91 Å². The number of anilines is 1. The van der Waals surface area contributed by atoms with Gasteiger partial charge in [-0.2, -0.15) is 0 Å². The Kier molecular flexibility index (Phi) is 4.27. The summed E-state index contributed by atoms with van der Waals surface area (Å²) in [6.07, 6.45) is 2.39. The monoisotopic (exact) mass is 276 g/mol. The topological polar surface area (TPSA) is 69.6 Å². The number of hydrogen-bond donors (Lipinski definition) is 2. The number of likely N-dealkylation sites (N-methyl/N-ethyl adjacent to an activating group) is 1. The molecule has 0 bridgehead atoms. The van der Waals surface area contributed by atoms with Gasteiger partial charge < -0.3 is 15.3 Å². The molecule has 0 saturated heterocycles. The molecule has 20 heavy (non-hydrogen) atoms. The molecule has 0 spiro atoms. The Balaban J connectivity index is 2.22. The molecule has 1 atom stereocenters. The average molecular weight is 276 g/mol. The second-order valence-corrected chi connectivity index (χ2v) is 5.08. The third kappa shape index (κ3) is 2.76. The highest BCUT2D eigenvalue weighted by atomic mass is 16.4. The lowest BCUT2D eigenvalue weighted by Gasteiger charge is -2.25. The maximum atomic E-state index is 12.4. The molecule has 1 aliphatic heterocycles. The predicted octanol–water partition coefficient (Wildman–Crippen LogP) is 1.98. The summed E-state index contributed by atoms with van der Waals surface area (Å²) in [5, 5.41) is 12.4. The summed E-state index contributed by atoms with van der Waals surface area (Å²) in [4.78, 5) is 24.8. The largest absolute Gasteiger partial charge is 0.480 e. The lowest BCUT2D eigenvalue weighted by molar-refractivity contribution is -0.142. The van der Waals surface area contributed by atoms with Crippen molar-refractivity contribution >= 4 is 17.6 Å². The van der Waals surface area contributed by atoms with E-state index in [0.29, 0.717) is 12.0 Å². The van der Waals surface area contributed by atoms with Gasteiger partial charge in [0.25, 0.3) is 5.91 Å². The fraction of sp³-hybridized carbons (Fsp3) is 0.467. The Hall–Kier alpha value is -2.04. The standard InChI is InChI=1S/C15H20N2O3/c1-3-13(15(19)20)17(2)14(18)11-6-7-12-10(9-11)5-4-8-16-12/h6-7,9,13,16H,3-5,8H2,1-2H3,(H,19,20). The maximum Gasteiger partial charge on any atom is 0.326 e. The second-order valence-electron chi connectivity index (χ2n) is 5.08. The van der Waals surface area contributed by atoms with Crippen LogP contribution in [0.25, 0.3) is 0 Å². The van der Waals surface area contributed by atoms with Crippen LogP contribution in [0, 0.1) is 0 Å². The molecule has 2 N–H and O–H groups in total. The first-order chi connectivity index (χ1) is 9.54. The molecule has 5 nitrogen and oxygen atoms in total. The lowest BCUT2D eigenvalue weighted by Crippen LogP contribution is -2.42. The number of hydrogen-bond acceptors (Lipinski definition) is 3. The van der Waals surface area contributed by atoms with Crippen molar-refractivity contribution in [2.24, 2.45) is 0 Å². The first-order valence-corrected chi connectivity index (χ1v) is 6.91. The molecule has 1 heterocycles. The molecule has 1 aromatic rings. The minimum Gasteiger partial charge on any atom is -0.480 e. The van der Waals surface area contributed by atoms with Gasteiger partial charge in [0.1, 0.15) is 6.04 Å².